The number of sulfonamides is 1. The molecule has 1 saturated heterocycles. The Hall–Kier alpha value is -5.81. The third kappa shape index (κ3) is 9.62. The molecule has 0 atom stereocenters. The molecule has 4 heterocycles. The van der Waals surface area contributed by atoms with Crippen molar-refractivity contribution in [3.63, 3.8) is 0 Å². The molecule has 2 aliphatic carbocycles. The van der Waals surface area contributed by atoms with Gasteiger partial charge in [-0.25, -0.2) is 22.8 Å². The number of benzene rings is 3. The number of fused-ring (bicyclic) bond motifs is 2. The largest absolute Gasteiger partial charge is 0.381 e. The van der Waals surface area contributed by atoms with E-state index in [1.54, 1.807) is 30.3 Å². The topological polar surface area (TPSA) is 181 Å². The first-order chi connectivity index (χ1) is 31.2. The molecule has 3 aromatic heterocycles. The molecular formula is C48H54ClN9O6S. The summed E-state index contributed by atoms with van der Waals surface area (Å²) in [6.07, 6.45) is 10.5. The zero-order valence-corrected chi connectivity index (χ0v) is 38.4. The van der Waals surface area contributed by atoms with Crippen LogP contribution in [0.4, 0.5) is 17.1 Å². The van der Waals surface area contributed by atoms with Crippen LogP contribution in [0, 0.1) is 21.4 Å². The lowest BCUT2D eigenvalue weighted by molar-refractivity contribution is -0.384. The highest BCUT2D eigenvalue weighted by Gasteiger charge is 2.31. The quantitative estimate of drug-likeness (QED) is 0.0743. The third-order valence-corrected chi connectivity index (χ3v) is 15.0. The molecule has 3 N–H and O–H groups in total. The highest BCUT2D eigenvalue weighted by molar-refractivity contribution is 7.90. The molecule has 1 saturated carbocycles. The van der Waals surface area contributed by atoms with Crippen molar-refractivity contribution in [1.82, 2.24) is 29.4 Å². The summed E-state index contributed by atoms with van der Waals surface area (Å²) in [7, 11) is -2.86. The van der Waals surface area contributed by atoms with Crippen LogP contribution in [0.2, 0.25) is 5.02 Å². The summed E-state index contributed by atoms with van der Waals surface area (Å²) < 4.78 is 37.0. The number of rotatable bonds is 13. The number of allylic oxidation sites excluding steroid dienone is 1. The second-order valence-electron chi connectivity index (χ2n) is 18.4. The summed E-state index contributed by atoms with van der Waals surface area (Å²) in [4.78, 5) is 38.0. The van der Waals surface area contributed by atoms with Gasteiger partial charge in [0, 0.05) is 74.7 Å². The normalized spacial score (nSPS) is 19.5. The Kier molecular flexibility index (Phi) is 12.4. The van der Waals surface area contributed by atoms with Gasteiger partial charge in [0.05, 0.1) is 38.9 Å². The van der Waals surface area contributed by atoms with E-state index in [2.05, 4.69) is 55.9 Å². The zero-order chi connectivity index (χ0) is 45.5. The maximum atomic E-state index is 14.2. The van der Waals surface area contributed by atoms with Crippen LogP contribution in [0.1, 0.15) is 74.7 Å². The van der Waals surface area contributed by atoms with Crippen LogP contribution in [0.15, 0.2) is 95.7 Å². The van der Waals surface area contributed by atoms with E-state index in [0.29, 0.717) is 34.8 Å². The minimum Gasteiger partial charge on any atom is -0.381 e. The van der Waals surface area contributed by atoms with Crippen LogP contribution in [0.25, 0.3) is 33.3 Å². The smallest absolute Gasteiger partial charge is 0.293 e. The molecule has 340 valence electrons. The Morgan fingerprint density at radius 3 is 2.51 bits per heavy atom. The molecule has 1 amide bonds. The van der Waals surface area contributed by atoms with Gasteiger partial charge in [0.1, 0.15) is 16.9 Å². The molecular weight excluding hydrogens is 866 g/mol. The van der Waals surface area contributed by atoms with E-state index in [1.165, 1.54) is 28.8 Å². The standard InChI is InChI=1S/C48H54ClN9O6S/c1-48(2)18-16-34(40(27-48)32-6-8-35(49)9-7-32)30-55-20-22-56(23-21-55)36-10-14-39(43(25-36)57-44-24-33-17-19-50-46(33)53-42(44)29-52-57)47(59)54-65(62,63)38-13-15-41(45(26-38)58(60)61)51-28-31-4-11-37(64-3)12-5-31/h6-10,13-15,17,19,24-26,29,31,37,51H,4-5,11-12,16,18,20-23,27-28,30H2,1-3H3,(H,50,53)(H,54,59)/t31-,37+. The number of carbonyl (C=O) groups excluding carboxylic acids is 1. The molecule has 0 unspecified atom stereocenters. The van der Waals surface area contributed by atoms with Gasteiger partial charge in [-0.3, -0.25) is 19.8 Å². The van der Waals surface area contributed by atoms with Gasteiger partial charge in [-0.15, -0.1) is 0 Å². The molecule has 0 radical (unpaired) electrons. The number of piperazine rings is 1. The first kappa shape index (κ1) is 44.4. The number of anilines is 2. The number of nitrogens with one attached hydrogen (secondary N) is 3. The first-order valence-corrected chi connectivity index (χ1v) is 24.1. The Morgan fingerprint density at radius 1 is 1.00 bits per heavy atom. The van der Waals surface area contributed by atoms with E-state index in [9.17, 15) is 23.3 Å². The van der Waals surface area contributed by atoms with Crippen molar-refractivity contribution >= 4 is 72.2 Å². The van der Waals surface area contributed by atoms with Crippen LogP contribution in [0.3, 0.4) is 0 Å². The Labute approximate surface area is 383 Å². The molecule has 0 spiro atoms. The van der Waals surface area contributed by atoms with Crippen LogP contribution in [-0.2, 0) is 14.8 Å². The van der Waals surface area contributed by atoms with Gasteiger partial charge in [-0.1, -0.05) is 43.2 Å². The fraction of sp³-hybridized carbons (Fsp3) is 0.396. The number of nitro benzene ring substituents is 1. The second-order valence-corrected chi connectivity index (χ2v) is 20.5. The molecule has 65 heavy (non-hydrogen) atoms. The number of aromatic nitrogens is 4. The number of hydrogen-bond acceptors (Lipinski definition) is 11. The summed E-state index contributed by atoms with van der Waals surface area (Å²) in [6, 6.07) is 21.0. The molecule has 15 nitrogen and oxygen atoms in total. The average molecular weight is 921 g/mol. The van der Waals surface area contributed by atoms with Gasteiger partial charge in [0.2, 0.25) is 0 Å². The van der Waals surface area contributed by atoms with Gasteiger partial charge in [-0.2, -0.15) is 5.10 Å². The van der Waals surface area contributed by atoms with E-state index in [1.807, 2.05) is 36.4 Å². The van der Waals surface area contributed by atoms with Crippen molar-refractivity contribution in [2.24, 2.45) is 11.3 Å². The zero-order valence-electron chi connectivity index (χ0n) is 36.8. The molecule has 9 rings (SSSR count). The fourth-order valence-corrected chi connectivity index (χ4v) is 10.8. The first-order valence-electron chi connectivity index (χ1n) is 22.3. The number of halogens is 1. The van der Waals surface area contributed by atoms with Gasteiger partial charge >= 0.3 is 0 Å². The molecule has 2 fully saturated rings. The molecule has 6 aromatic rings. The number of carbonyl (C=O) groups is 1. The highest BCUT2D eigenvalue weighted by atomic mass is 35.5. The maximum absolute atomic E-state index is 14.2. The molecule has 3 aromatic carbocycles. The van der Waals surface area contributed by atoms with Crippen molar-refractivity contribution < 1.29 is 22.9 Å². The van der Waals surface area contributed by atoms with E-state index in [4.69, 9.17) is 21.3 Å². The van der Waals surface area contributed by atoms with E-state index in [-0.39, 0.29) is 22.8 Å². The number of amides is 1. The SMILES string of the molecule is CO[C@H]1CC[C@@H](CNc2ccc(S(=O)(=O)NC(=O)c3ccc(N4CCN(CC5=C(c6ccc(Cl)cc6)CC(C)(C)CC5)CC4)cc3-n3ncc4nc5[nH]ccc5cc43)cc2[N+](=O)[O-])CC1. The van der Waals surface area contributed by atoms with E-state index >= 15 is 0 Å². The Morgan fingerprint density at radius 2 is 1.77 bits per heavy atom. The van der Waals surface area contributed by atoms with E-state index in [0.717, 1.165) is 99.8 Å². The summed E-state index contributed by atoms with van der Waals surface area (Å²) in [6.45, 7) is 9.19. The minimum atomic E-state index is -4.57. The fourth-order valence-electron chi connectivity index (χ4n) is 9.64. The number of nitrogens with zero attached hydrogens (tertiary/aromatic N) is 6. The molecule has 0 bridgehead atoms. The number of pyridine rings is 1. The van der Waals surface area contributed by atoms with Crippen LogP contribution in [-0.4, -0.2) is 96.4 Å². The van der Waals surface area contributed by atoms with Crippen molar-refractivity contribution in [3.05, 3.63) is 117 Å². The summed E-state index contributed by atoms with van der Waals surface area (Å²) in [5, 5.41) is 21.6. The second kappa shape index (κ2) is 18.2. The Balaban J connectivity index is 0.963. The van der Waals surface area contributed by atoms with E-state index < -0.39 is 31.4 Å². The lowest BCUT2D eigenvalue weighted by atomic mass is 9.72. The summed E-state index contributed by atoms with van der Waals surface area (Å²) in [5.41, 5.74) is 7.31. The number of nitro groups is 1. The number of aromatic amines is 1. The predicted molar refractivity (Wildman–Crippen MR) is 254 cm³/mol. The van der Waals surface area contributed by atoms with Crippen molar-refractivity contribution in [2.45, 2.75) is 69.8 Å². The molecule has 3 aliphatic rings. The van der Waals surface area contributed by atoms with Crippen molar-refractivity contribution in [3.8, 4) is 5.69 Å². The number of ether oxygens (including phenoxy) is 1. The monoisotopic (exact) mass is 919 g/mol. The van der Waals surface area contributed by atoms with Gasteiger partial charge < -0.3 is 19.9 Å². The average Bonchev–Trinajstić information content (AvgIpc) is 3.94. The molecule has 17 heteroatoms. The predicted octanol–water partition coefficient (Wildman–Crippen LogP) is 8.99. The number of methoxy groups -OCH3 is 1. The number of H-pyrrole nitrogens is 1. The molecule has 1 aliphatic heterocycles. The lowest BCUT2D eigenvalue weighted by Gasteiger charge is -2.39. The van der Waals surface area contributed by atoms with Crippen LogP contribution in [0.5, 0.6) is 0 Å². The Bertz CT molecular complexity index is 2900. The van der Waals surface area contributed by atoms with Gasteiger partial charge in [0.15, 0.2) is 0 Å². The van der Waals surface area contributed by atoms with Gasteiger partial charge in [-0.05, 0) is 122 Å². The number of hydrogen-bond donors (Lipinski definition) is 3. The van der Waals surface area contributed by atoms with Crippen LogP contribution >= 0.6 is 11.6 Å². The third-order valence-electron chi connectivity index (χ3n) is 13.5. The maximum Gasteiger partial charge on any atom is 0.293 e. The van der Waals surface area contributed by atoms with Crippen LogP contribution < -0.4 is 14.9 Å². The van der Waals surface area contributed by atoms with Crippen molar-refractivity contribution in [2.75, 3.05) is 56.6 Å². The lowest BCUT2D eigenvalue weighted by Crippen LogP contribution is -2.47. The highest BCUT2D eigenvalue weighted by Crippen LogP contribution is 2.43. The minimum absolute atomic E-state index is 0.0491. The van der Waals surface area contributed by atoms with Crippen molar-refractivity contribution in [1.29, 1.82) is 0 Å². The summed E-state index contributed by atoms with van der Waals surface area (Å²) in [5.74, 6) is -0.606. The van der Waals surface area contributed by atoms with Gasteiger partial charge in [0.25, 0.3) is 21.6 Å². The summed E-state index contributed by atoms with van der Waals surface area (Å²) >= 11 is 6.26.